The molecule has 2 aromatic heterocycles. The fraction of sp³-hybridized carbons (Fsp3) is 0.414. The number of hydrogen-bond acceptors (Lipinski definition) is 8. The summed E-state index contributed by atoms with van der Waals surface area (Å²) in [5.74, 6) is -0.126. The number of aliphatic hydroxyl groups excluding tert-OH is 1. The van der Waals surface area contributed by atoms with E-state index in [2.05, 4.69) is 20.2 Å². The summed E-state index contributed by atoms with van der Waals surface area (Å²) in [6.45, 7) is 2.46. The number of aliphatic hydroxyl groups is 1. The second-order valence-electron chi connectivity index (χ2n) is 10.9. The Morgan fingerprint density at radius 1 is 1.02 bits per heavy atom. The van der Waals surface area contributed by atoms with Crippen LogP contribution in [0.4, 0.5) is 0 Å². The highest BCUT2D eigenvalue weighted by Crippen LogP contribution is 2.37. The van der Waals surface area contributed by atoms with Crippen LogP contribution in [0.5, 0.6) is 5.75 Å². The Labute approximate surface area is 234 Å². The predicted octanol–water partition coefficient (Wildman–Crippen LogP) is 2.20. The van der Waals surface area contributed by atoms with Crippen molar-refractivity contribution >= 4 is 15.9 Å². The van der Waals surface area contributed by atoms with Crippen molar-refractivity contribution < 1.29 is 23.1 Å². The molecular formula is C29H33N5O5S. The third-order valence-electron chi connectivity index (χ3n) is 8.26. The molecule has 11 heteroatoms. The molecule has 6 rings (SSSR count). The molecule has 0 aliphatic carbocycles. The lowest BCUT2D eigenvalue weighted by molar-refractivity contribution is -0.127. The van der Waals surface area contributed by atoms with Gasteiger partial charge in [0.1, 0.15) is 16.7 Å². The maximum absolute atomic E-state index is 13.9. The molecule has 1 aromatic carbocycles. The number of aromatic nitrogens is 2. The Bertz CT molecular complexity index is 1460. The second-order valence-corrected chi connectivity index (χ2v) is 12.7. The molecule has 2 N–H and O–H groups in total. The van der Waals surface area contributed by atoms with E-state index in [1.807, 2.05) is 24.3 Å². The smallest absolute Gasteiger partial charge is 0.247 e. The molecule has 3 aliphatic rings. The zero-order valence-electron chi connectivity index (χ0n) is 22.1. The zero-order valence-corrected chi connectivity index (χ0v) is 23.0. The molecule has 0 bridgehead atoms. The van der Waals surface area contributed by atoms with Gasteiger partial charge in [0, 0.05) is 74.9 Å². The van der Waals surface area contributed by atoms with Crippen molar-refractivity contribution in [3.63, 3.8) is 0 Å². The highest BCUT2D eigenvalue weighted by atomic mass is 32.2. The molecule has 3 aliphatic heterocycles. The van der Waals surface area contributed by atoms with Gasteiger partial charge in [-0.15, -0.1) is 0 Å². The number of rotatable bonds is 3. The first kappa shape index (κ1) is 26.8. The number of sulfonamides is 1. The summed E-state index contributed by atoms with van der Waals surface area (Å²) in [5, 5.41) is 13.7. The molecule has 3 aromatic rings. The van der Waals surface area contributed by atoms with Crippen LogP contribution >= 0.6 is 0 Å². The van der Waals surface area contributed by atoms with Gasteiger partial charge in [-0.25, -0.2) is 8.42 Å². The number of benzene rings is 1. The van der Waals surface area contributed by atoms with E-state index in [0.717, 1.165) is 35.1 Å². The Balaban J connectivity index is 1.31. The highest BCUT2D eigenvalue weighted by molar-refractivity contribution is 7.89. The Hall–Kier alpha value is -3.38. The zero-order chi connectivity index (χ0) is 27.7. The third kappa shape index (κ3) is 5.34. The standard InChI is InChI=1S/C29H33N5O5S/c35-24-17-25-28(36)32-29(7-13-33(14-8-29)19-21-5-11-30-12-6-21)9-15-39-26-16-22(23-2-1-10-31-18-23)3-4-27(26)40(37,38)34(25)20-24/h1-6,10-12,16,18,24-25,35H,7-9,13-15,17,19-20H2,(H,32,36)/t24-,25+/m1/s1. The number of likely N-dealkylation sites (tertiary alicyclic amines) is 1. The van der Waals surface area contributed by atoms with Gasteiger partial charge in [0.15, 0.2) is 0 Å². The largest absolute Gasteiger partial charge is 0.492 e. The lowest BCUT2D eigenvalue weighted by atomic mass is 9.84. The topological polar surface area (TPSA) is 125 Å². The van der Waals surface area contributed by atoms with E-state index in [1.165, 1.54) is 11.6 Å². The van der Waals surface area contributed by atoms with E-state index in [1.54, 1.807) is 36.9 Å². The van der Waals surface area contributed by atoms with Crippen molar-refractivity contribution in [1.29, 1.82) is 0 Å². The number of nitrogens with one attached hydrogen (secondary N) is 1. The van der Waals surface area contributed by atoms with E-state index in [9.17, 15) is 18.3 Å². The molecule has 1 amide bonds. The first-order chi connectivity index (χ1) is 19.3. The van der Waals surface area contributed by atoms with Crippen LogP contribution in [0.2, 0.25) is 0 Å². The molecule has 5 heterocycles. The van der Waals surface area contributed by atoms with Crippen molar-refractivity contribution in [2.24, 2.45) is 0 Å². The van der Waals surface area contributed by atoms with Gasteiger partial charge < -0.3 is 15.2 Å². The normalized spacial score (nSPS) is 24.8. The number of piperidine rings is 1. The summed E-state index contributed by atoms with van der Waals surface area (Å²) < 4.78 is 35.1. The molecule has 2 atom stereocenters. The summed E-state index contributed by atoms with van der Waals surface area (Å²) in [4.78, 5) is 24.3. The Morgan fingerprint density at radius 3 is 2.58 bits per heavy atom. The van der Waals surface area contributed by atoms with Gasteiger partial charge in [0.05, 0.1) is 12.7 Å². The van der Waals surface area contributed by atoms with Gasteiger partial charge in [-0.3, -0.25) is 19.7 Å². The number of carbonyl (C=O) groups excluding carboxylic acids is 1. The highest BCUT2D eigenvalue weighted by Gasteiger charge is 2.47. The van der Waals surface area contributed by atoms with Gasteiger partial charge in [0.2, 0.25) is 15.9 Å². The van der Waals surface area contributed by atoms with E-state index < -0.39 is 27.7 Å². The van der Waals surface area contributed by atoms with E-state index in [0.29, 0.717) is 19.3 Å². The number of fused-ring (bicyclic) bond motifs is 2. The number of nitrogens with zero attached hydrogens (tertiary/aromatic N) is 4. The summed E-state index contributed by atoms with van der Waals surface area (Å²) in [6, 6.07) is 11.7. The van der Waals surface area contributed by atoms with Gasteiger partial charge in [-0.1, -0.05) is 12.1 Å². The second kappa shape index (κ2) is 10.9. The molecule has 1 spiro atoms. The maximum atomic E-state index is 13.9. The molecular weight excluding hydrogens is 530 g/mol. The number of ether oxygens (including phenoxy) is 1. The van der Waals surface area contributed by atoms with Gasteiger partial charge in [0.25, 0.3) is 0 Å². The van der Waals surface area contributed by atoms with Gasteiger partial charge in [-0.2, -0.15) is 4.31 Å². The number of carbonyl (C=O) groups is 1. The van der Waals surface area contributed by atoms with Crippen molar-refractivity contribution in [2.45, 2.75) is 54.8 Å². The molecule has 2 saturated heterocycles. The van der Waals surface area contributed by atoms with Gasteiger partial charge >= 0.3 is 0 Å². The van der Waals surface area contributed by atoms with Crippen LogP contribution in [0.25, 0.3) is 11.1 Å². The van der Waals surface area contributed by atoms with E-state index in [-0.39, 0.29) is 36.1 Å². The Kier molecular flexibility index (Phi) is 7.30. The number of amides is 1. The molecule has 2 fully saturated rings. The monoisotopic (exact) mass is 563 g/mol. The quantitative estimate of drug-likeness (QED) is 0.497. The number of hydrogen-bond donors (Lipinski definition) is 2. The van der Waals surface area contributed by atoms with Crippen LogP contribution in [0, 0.1) is 0 Å². The Morgan fingerprint density at radius 2 is 1.82 bits per heavy atom. The van der Waals surface area contributed by atoms with Crippen molar-refractivity contribution in [1.82, 2.24) is 24.5 Å². The molecule has 40 heavy (non-hydrogen) atoms. The van der Waals surface area contributed by atoms with E-state index in [4.69, 9.17) is 4.74 Å². The van der Waals surface area contributed by atoms with Crippen molar-refractivity contribution in [3.8, 4) is 16.9 Å². The average Bonchev–Trinajstić information content (AvgIpc) is 3.37. The first-order valence-corrected chi connectivity index (χ1v) is 15.1. The summed E-state index contributed by atoms with van der Waals surface area (Å²) in [5.41, 5.74) is 2.26. The fourth-order valence-electron chi connectivity index (χ4n) is 5.99. The maximum Gasteiger partial charge on any atom is 0.247 e. The lowest BCUT2D eigenvalue weighted by Gasteiger charge is -2.43. The van der Waals surface area contributed by atoms with Crippen LogP contribution in [-0.4, -0.2) is 82.5 Å². The van der Waals surface area contributed by atoms with Crippen LogP contribution in [0.3, 0.4) is 0 Å². The molecule has 10 nitrogen and oxygen atoms in total. The predicted molar refractivity (Wildman–Crippen MR) is 148 cm³/mol. The summed E-state index contributed by atoms with van der Waals surface area (Å²) >= 11 is 0. The molecule has 210 valence electrons. The van der Waals surface area contributed by atoms with Crippen molar-refractivity contribution in [3.05, 3.63) is 72.8 Å². The first-order valence-electron chi connectivity index (χ1n) is 13.6. The minimum atomic E-state index is -4.13. The molecule has 0 radical (unpaired) electrons. The van der Waals surface area contributed by atoms with Crippen LogP contribution in [-0.2, 0) is 21.4 Å². The lowest BCUT2D eigenvalue weighted by Crippen LogP contribution is -2.59. The van der Waals surface area contributed by atoms with Crippen LogP contribution < -0.4 is 10.1 Å². The fourth-order valence-corrected chi connectivity index (χ4v) is 7.74. The minimum Gasteiger partial charge on any atom is -0.492 e. The third-order valence-corrected chi connectivity index (χ3v) is 10.2. The van der Waals surface area contributed by atoms with Crippen LogP contribution in [0.1, 0.15) is 31.2 Å². The van der Waals surface area contributed by atoms with Crippen LogP contribution in [0.15, 0.2) is 72.1 Å². The minimum absolute atomic E-state index is 0.00448. The molecule has 0 unspecified atom stereocenters. The average molecular weight is 564 g/mol. The SMILES string of the molecule is O=C1NC2(CCOc3cc(-c4cccnc4)ccc3S(=O)(=O)N3C[C@H](O)C[C@@H]13)CCN(Cc1ccncc1)CC2. The molecule has 0 saturated carbocycles. The van der Waals surface area contributed by atoms with Crippen molar-refractivity contribution in [2.75, 3.05) is 26.2 Å². The number of pyridine rings is 2. The summed E-state index contributed by atoms with van der Waals surface area (Å²) in [6.07, 6.45) is 8.05. The summed E-state index contributed by atoms with van der Waals surface area (Å²) in [7, 11) is -4.13. The van der Waals surface area contributed by atoms with Gasteiger partial charge in [-0.05, 0) is 54.3 Å². The van der Waals surface area contributed by atoms with E-state index >= 15 is 0 Å².